The molecule has 100 valence electrons. The van der Waals surface area contributed by atoms with Crippen LogP contribution in [0.1, 0.15) is 23.2 Å². The summed E-state index contributed by atoms with van der Waals surface area (Å²) in [5.74, 6) is 0.171. The summed E-state index contributed by atoms with van der Waals surface area (Å²) in [7, 11) is 0. The number of thioether (sulfide) groups is 1. The molecule has 0 fully saturated rings. The molecular formula is C17H14O2S. The van der Waals surface area contributed by atoms with E-state index >= 15 is 0 Å². The van der Waals surface area contributed by atoms with Crippen LogP contribution in [0.15, 0.2) is 53.4 Å². The van der Waals surface area contributed by atoms with Gasteiger partial charge in [0.25, 0.3) is 0 Å². The number of carbonyl (C=O) groups is 1. The lowest BCUT2D eigenvalue weighted by Crippen LogP contribution is -2.26. The minimum absolute atomic E-state index is 0.0742. The molecule has 2 aromatic carbocycles. The smallest absolute Gasteiger partial charge is 0.341 e. The van der Waals surface area contributed by atoms with Crippen molar-refractivity contribution in [1.82, 2.24) is 0 Å². The van der Waals surface area contributed by atoms with Crippen LogP contribution in [0.2, 0.25) is 0 Å². The largest absolute Gasteiger partial charge is 0.447 e. The zero-order valence-corrected chi connectivity index (χ0v) is 11.7. The highest BCUT2D eigenvalue weighted by Crippen LogP contribution is 2.42. The summed E-state index contributed by atoms with van der Waals surface area (Å²) in [5.41, 5.74) is 0.654. The van der Waals surface area contributed by atoms with E-state index in [0.717, 1.165) is 34.1 Å². The van der Waals surface area contributed by atoms with Gasteiger partial charge in [-0.15, -0.1) is 0 Å². The molecule has 20 heavy (non-hydrogen) atoms. The number of cyclic esters (lactones) is 1. The SMILES string of the molecule is O=C1OC(C2C=CCC2)Sc2ccc3ccccc3c21. The van der Waals surface area contributed by atoms with E-state index in [-0.39, 0.29) is 11.4 Å². The summed E-state index contributed by atoms with van der Waals surface area (Å²) in [5, 5.41) is 2.07. The molecule has 2 nitrogen and oxygen atoms in total. The normalized spacial score (nSPS) is 24.7. The van der Waals surface area contributed by atoms with Crippen LogP contribution in [0, 0.1) is 5.92 Å². The van der Waals surface area contributed by atoms with E-state index in [1.807, 2.05) is 24.3 Å². The molecule has 3 heteroatoms. The van der Waals surface area contributed by atoms with Crippen LogP contribution >= 0.6 is 11.8 Å². The Kier molecular flexibility index (Phi) is 2.81. The molecule has 4 rings (SSSR count). The lowest BCUT2D eigenvalue weighted by atomic mass is 10.0. The monoisotopic (exact) mass is 282 g/mol. The van der Waals surface area contributed by atoms with Gasteiger partial charge in [0.1, 0.15) is 0 Å². The van der Waals surface area contributed by atoms with E-state index in [0.29, 0.717) is 5.92 Å². The van der Waals surface area contributed by atoms with Gasteiger partial charge in [-0.2, -0.15) is 0 Å². The standard InChI is InChI=1S/C17H14O2S/c18-16-15-13-8-4-3-5-11(13)9-10-14(15)20-17(19-16)12-6-1-2-7-12/h1,3-6,8-10,12,17H,2,7H2. The number of hydrogen-bond donors (Lipinski definition) is 0. The van der Waals surface area contributed by atoms with Crippen LogP contribution in [0.3, 0.4) is 0 Å². The molecule has 1 heterocycles. The Morgan fingerprint density at radius 1 is 1.15 bits per heavy atom. The lowest BCUT2D eigenvalue weighted by molar-refractivity contribution is 0.0385. The molecule has 0 saturated carbocycles. The Balaban J connectivity index is 1.79. The fourth-order valence-corrected chi connectivity index (χ4v) is 4.18. The van der Waals surface area contributed by atoms with Crippen LogP contribution in [0.4, 0.5) is 0 Å². The van der Waals surface area contributed by atoms with Crippen molar-refractivity contribution in [3.05, 3.63) is 54.1 Å². The van der Waals surface area contributed by atoms with Gasteiger partial charge < -0.3 is 4.74 Å². The molecule has 2 aromatic rings. The van der Waals surface area contributed by atoms with Crippen molar-refractivity contribution in [1.29, 1.82) is 0 Å². The second-order valence-electron chi connectivity index (χ2n) is 5.22. The Morgan fingerprint density at radius 2 is 2.05 bits per heavy atom. The molecule has 2 unspecified atom stereocenters. The molecule has 1 aliphatic heterocycles. The third-order valence-electron chi connectivity index (χ3n) is 3.96. The van der Waals surface area contributed by atoms with Crippen molar-refractivity contribution in [3.8, 4) is 0 Å². The van der Waals surface area contributed by atoms with E-state index < -0.39 is 0 Å². The predicted octanol–water partition coefficient (Wildman–Crippen LogP) is 4.39. The summed E-state index contributed by atoms with van der Waals surface area (Å²) in [4.78, 5) is 13.5. The number of hydrogen-bond acceptors (Lipinski definition) is 3. The average molecular weight is 282 g/mol. The van der Waals surface area contributed by atoms with E-state index in [1.54, 1.807) is 11.8 Å². The summed E-state index contributed by atoms with van der Waals surface area (Å²) in [6, 6.07) is 12.1. The summed E-state index contributed by atoms with van der Waals surface area (Å²) in [6.07, 6.45) is 6.52. The maximum atomic E-state index is 12.4. The number of ether oxygens (including phenoxy) is 1. The van der Waals surface area contributed by atoms with Crippen LogP contribution in [-0.2, 0) is 4.74 Å². The minimum Gasteiger partial charge on any atom is -0.447 e. The van der Waals surface area contributed by atoms with Crippen molar-refractivity contribution >= 4 is 28.5 Å². The molecule has 0 amide bonds. The molecule has 0 saturated heterocycles. The molecule has 1 aliphatic carbocycles. The van der Waals surface area contributed by atoms with E-state index in [1.165, 1.54) is 0 Å². The minimum atomic E-state index is -0.180. The number of allylic oxidation sites excluding steroid dienone is 1. The maximum absolute atomic E-state index is 12.4. The second-order valence-corrected chi connectivity index (χ2v) is 6.36. The first-order valence-corrected chi connectivity index (χ1v) is 7.77. The first-order chi connectivity index (χ1) is 9.83. The third-order valence-corrected chi connectivity index (χ3v) is 5.23. The van der Waals surface area contributed by atoms with Gasteiger partial charge >= 0.3 is 5.97 Å². The highest BCUT2D eigenvalue weighted by atomic mass is 32.2. The summed E-state index contributed by atoms with van der Waals surface area (Å²) >= 11 is 1.68. The van der Waals surface area contributed by atoms with Gasteiger partial charge in [0.15, 0.2) is 5.44 Å². The summed E-state index contributed by atoms with van der Waals surface area (Å²) in [6.45, 7) is 0. The molecule has 0 aromatic heterocycles. The zero-order chi connectivity index (χ0) is 13.5. The molecule has 2 aliphatic rings. The number of esters is 1. The highest BCUT2D eigenvalue weighted by molar-refractivity contribution is 8.00. The van der Waals surface area contributed by atoms with Gasteiger partial charge in [-0.1, -0.05) is 54.2 Å². The van der Waals surface area contributed by atoms with Gasteiger partial charge in [0.2, 0.25) is 0 Å². The fraction of sp³-hybridized carbons (Fsp3) is 0.235. The van der Waals surface area contributed by atoms with Crippen LogP contribution in [0.25, 0.3) is 10.8 Å². The topological polar surface area (TPSA) is 26.3 Å². The van der Waals surface area contributed by atoms with Crippen LogP contribution < -0.4 is 0 Å². The van der Waals surface area contributed by atoms with Crippen molar-refractivity contribution in [3.63, 3.8) is 0 Å². The Labute approximate surface area is 121 Å². The number of fused-ring (bicyclic) bond motifs is 3. The average Bonchev–Trinajstić information content (AvgIpc) is 3.01. The molecule has 0 spiro atoms. The maximum Gasteiger partial charge on any atom is 0.341 e. The molecule has 0 bridgehead atoms. The zero-order valence-electron chi connectivity index (χ0n) is 10.9. The quantitative estimate of drug-likeness (QED) is 0.573. The molecule has 0 N–H and O–H groups in total. The number of rotatable bonds is 1. The Bertz CT molecular complexity index is 720. The van der Waals surface area contributed by atoms with Gasteiger partial charge in [-0.25, -0.2) is 4.79 Å². The first kappa shape index (κ1) is 12.0. The van der Waals surface area contributed by atoms with E-state index in [4.69, 9.17) is 4.74 Å². The molecule has 2 atom stereocenters. The predicted molar refractivity (Wildman–Crippen MR) is 80.9 cm³/mol. The highest BCUT2D eigenvalue weighted by Gasteiger charge is 2.33. The van der Waals surface area contributed by atoms with Crippen molar-refractivity contribution in [2.75, 3.05) is 0 Å². The van der Waals surface area contributed by atoms with Crippen LogP contribution in [0.5, 0.6) is 0 Å². The first-order valence-electron chi connectivity index (χ1n) is 6.89. The second kappa shape index (κ2) is 4.67. The van der Waals surface area contributed by atoms with Gasteiger partial charge in [-0.05, 0) is 29.7 Å². The van der Waals surface area contributed by atoms with E-state index in [2.05, 4.69) is 24.3 Å². The number of benzene rings is 2. The van der Waals surface area contributed by atoms with Gasteiger partial charge in [0, 0.05) is 10.8 Å². The Hall–Kier alpha value is -1.74. The van der Waals surface area contributed by atoms with Gasteiger partial charge in [-0.3, -0.25) is 0 Å². The van der Waals surface area contributed by atoms with Crippen molar-refractivity contribution in [2.45, 2.75) is 23.2 Å². The lowest BCUT2D eigenvalue weighted by Gasteiger charge is -2.28. The van der Waals surface area contributed by atoms with Crippen LogP contribution in [-0.4, -0.2) is 11.4 Å². The van der Waals surface area contributed by atoms with Crippen molar-refractivity contribution < 1.29 is 9.53 Å². The van der Waals surface area contributed by atoms with Crippen molar-refractivity contribution in [2.24, 2.45) is 5.92 Å². The molecular weight excluding hydrogens is 268 g/mol. The van der Waals surface area contributed by atoms with E-state index in [9.17, 15) is 4.79 Å². The van der Waals surface area contributed by atoms with Gasteiger partial charge in [0.05, 0.1) is 5.56 Å². The summed E-state index contributed by atoms with van der Waals surface area (Å²) < 4.78 is 5.68. The molecule has 0 radical (unpaired) electrons. The Morgan fingerprint density at radius 3 is 2.90 bits per heavy atom. The fourth-order valence-electron chi connectivity index (χ4n) is 2.93. The number of carbonyl (C=O) groups excluding carboxylic acids is 1. The third kappa shape index (κ3) is 1.85.